The van der Waals surface area contributed by atoms with Crippen LogP contribution in [0.2, 0.25) is 0 Å². The molecule has 0 aliphatic carbocycles. The first-order valence-electron chi connectivity index (χ1n) is 8.78. The van der Waals surface area contributed by atoms with Gasteiger partial charge in [0.1, 0.15) is 11.6 Å². The number of aromatic nitrogens is 1. The standard InChI is InChI=1S/C22H16F2N2O2/c23-15-8-9-17(18(24)12-15)20-13-25-22(28-20)11-10-21(27)26-19-7-3-5-14-4-1-2-6-16(14)19/h1-9,12-13H,10-11H2,(H,26,27). The summed E-state index contributed by atoms with van der Waals surface area (Å²) in [5.41, 5.74) is 0.866. The quantitative estimate of drug-likeness (QED) is 0.510. The molecule has 4 rings (SSSR count). The van der Waals surface area contributed by atoms with Gasteiger partial charge in [0.15, 0.2) is 11.7 Å². The molecule has 1 amide bonds. The molecule has 0 saturated heterocycles. The monoisotopic (exact) mass is 378 g/mol. The van der Waals surface area contributed by atoms with Gasteiger partial charge in [0, 0.05) is 30.0 Å². The first-order chi connectivity index (χ1) is 13.6. The number of rotatable bonds is 5. The van der Waals surface area contributed by atoms with E-state index in [4.69, 9.17) is 4.42 Å². The maximum Gasteiger partial charge on any atom is 0.224 e. The molecule has 1 N–H and O–H groups in total. The fraction of sp³-hybridized carbons (Fsp3) is 0.0909. The highest BCUT2D eigenvalue weighted by Crippen LogP contribution is 2.25. The molecule has 140 valence electrons. The van der Waals surface area contributed by atoms with Gasteiger partial charge in [0.2, 0.25) is 5.91 Å². The van der Waals surface area contributed by atoms with Gasteiger partial charge in [-0.25, -0.2) is 13.8 Å². The predicted octanol–water partition coefficient (Wildman–Crippen LogP) is 5.34. The average molecular weight is 378 g/mol. The highest BCUT2D eigenvalue weighted by atomic mass is 19.1. The molecule has 0 aliphatic heterocycles. The van der Waals surface area contributed by atoms with E-state index in [0.29, 0.717) is 5.89 Å². The number of oxazole rings is 1. The Morgan fingerprint density at radius 2 is 1.86 bits per heavy atom. The van der Waals surface area contributed by atoms with Gasteiger partial charge in [-0.3, -0.25) is 4.79 Å². The average Bonchev–Trinajstić information content (AvgIpc) is 3.15. The number of amides is 1. The number of anilines is 1. The van der Waals surface area contributed by atoms with Crippen LogP contribution in [-0.2, 0) is 11.2 Å². The molecule has 6 heteroatoms. The van der Waals surface area contributed by atoms with Crippen molar-refractivity contribution in [3.63, 3.8) is 0 Å². The Morgan fingerprint density at radius 1 is 1.04 bits per heavy atom. The second kappa shape index (κ2) is 7.60. The molecule has 28 heavy (non-hydrogen) atoms. The van der Waals surface area contributed by atoms with Gasteiger partial charge < -0.3 is 9.73 Å². The predicted molar refractivity (Wildman–Crippen MR) is 103 cm³/mol. The molecular weight excluding hydrogens is 362 g/mol. The SMILES string of the molecule is O=C(CCc1ncc(-c2ccc(F)cc2F)o1)Nc1cccc2ccccc12. The number of nitrogens with one attached hydrogen (secondary N) is 1. The van der Waals surface area contributed by atoms with Gasteiger partial charge in [-0.1, -0.05) is 36.4 Å². The molecule has 1 aromatic heterocycles. The number of carbonyl (C=O) groups is 1. The third-order valence-corrected chi connectivity index (χ3v) is 4.38. The van der Waals surface area contributed by atoms with E-state index in [1.54, 1.807) is 0 Å². The zero-order valence-electron chi connectivity index (χ0n) is 14.8. The van der Waals surface area contributed by atoms with E-state index in [1.807, 2.05) is 42.5 Å². The Kier molecular flexibility index (Phi) is 4.85. The highest BCUT2D eigenvalue weighted by Gasteiger charge is 2.13. The van der Waals surface area contributed by atoms with Crippen LogP contribution in [0.15, 0.2) is 71.3 Å². The lowest BCUT2D eigenvalue weighted by Crippen LogP contribution is -2.12. The zero-order chi connectivity index (χ0) is 19.5. The van der Waals surface area contributed by atoms with E-state index in [2.05, 4.69) is 10.3 Å². The molecule has 0 fully saturated rings. The van der Waals surface area contributed by atoms with Crippen LogP contribution in [0.25, 0.3) is 22.1 Å². The smallest absolute Gasteiger partial charge is 0.224 e. The van der Waals surface area contributed by atoms with E-state index in [1.165, 1.54) is 12.3 Å². The van der Waals surface area contributed by atoms with E-state index >= 15 is 0 Å². The van der Waals surface area contributed by atoms with Crippen LogP contribution >= 0.6 is 0 Å². The molecule has 0 saturated carbocycles. The molecule has 0 aliphatic rings. The highest BCUT2D eigenvalue weighted by molar-refractivity contribution is 6.02. The Hall–Kier alpha value is -3.54. The molecule has 0 spiro atoms. The normalized spacial score (nSPS) is 10.9. The number of aryl methyl sites for hydroxylation is 1. The number of nitrogens with zero attached hydrogens (tertiary/aromatic N) is 1. The summed E-state index contributed by atoms with van der Waals surface area (Å²) >= 11 is 0. The maximum atomic E-state index is 13.8. The van der Waals surface area contributed by atoms with Crippen molar-refractivity contribution in [2.45, 2.75) is 12.8 Å². The molecule has 0 radical (unpaired) electrons. The van der Waals surface area contributed by atoms with E-state index in [-0.39, 0.29) is 30.1 Å². The second-order valence-electron chi connectivity index (χ2n) is 6.32. The van der Waals surface area contributed by atoms with Crippen molar-refractivity contribution in [1.82, 2.24) is 4.98 Å². The number of carbonyl (C=O) groups excluding carboxylic acids is 1. The van der Waals surface area contributed by atoms with Crippen LogP contribution in [0, 0.1) is 11.6 Å². The van der Waals surface area contributed by atoms with E-state index in [0.717, 1.165) is 28.6 Å². The Balaban J connectivity index is 1.42. The zero-order valence-corrected chi connectivity index (χ0v) is 14.8. The van der Waals surface area contributed by atoms with Crippen molar-refractivity contribution in [2.75, 3.05) is 5.32 Å². The van der Waals surface area contributed by atoms with Gasteiger partial charge in [-0.05, 0) is 23.6 Å². The summed E-state index contributed by atoms with van der Waals surface area (Å²) in [6.07, 6.45) is 1.79. The van der Waals surface area contributed by atoms with E-state index < -0.39 is 11.6 Å². The second-order valence-corrected chi connectivity index (χ2v) is 6.32. The third kappa shape index (κ3) is 3.76. The van der Waals surface area contributed by atoms with Crippen LogP contribution in [0.3, 0.4) is 0 Å². The van der Waals surface area contributed by atoms with Crippen molar-refractivity contribution in [3.05, 3.63) is 84.4 Å². The van der Waals surface area contributed by atoms with Crippen molar-refractivity contribution in [2.24, 2.45) is 0 Å². The minimum Gasteiger partial charge on any atom is -0.441 e. The molecule has 1 heterocycles. The first-order valence-corrected chi connectivity index (χ1v) is 8.78. The molecule has 4 nitrogen and oxygen atoms in total. The van der Waals surface area contributed by atoms with Gasteiger partial charge in [0.05, 0.1) is 11.8 Å². The Morgan fingerprint density at radius 3 is 2.71 bits per heavy atom. The topological polar surface area (TPSA) is 55.1 Å². The summed E-state index contributed by atoms with van der Waals surface area (Å²) in [7, 11) is 0. The lowest BCUT2D eigenvalue weighted by Gasteiger charge is -2.08. The van der Waals surface area contributed by atoms with Gasteiger partial charge in [-0.15, -0.1) is 0 Å². The van der Waals surface area contributed by atoms with Crippen molar-refractivity contribution >= 4 is 22.4 Å². The molecular formula is C22H16F2N2O2. The summed E-state index contributed by atoms with van der Waals surface area (Å²) in [6, 6.07) is 16.7. The number of hydrogen-bond donors (Lipinski definition) is 1. The molecule has 0 unspecified atom stereocenters. The van der Waals surface area contributed by atoms with Crippen LogP contribution < -0.4 is 5.32 Å². The number of benzene rings is 3. The fourth-order valence-electron chi connectivity index (χ4n) is 3.01. The number of fused-ring (bicyclic) bond motifs is 1. The summed E-state index contributed by atoms with van der Waals surface area (Å²) in [4.78, 5) is 16.4. The number of hydrogen-bond acceptors (Lipinski definition) is 3. The van der Waals surface area contributed by atoms with Crippen molar-refractivity contribution in [3.8, 4) is 11.3 Å². The molecule has 0 atom stereocenters. The molecule has 0 bridgehead atoms. The van der Waals surface area contributed by atoms with Crippen molar-refractivity contribution < 1.29 is 18.0 Å². The van der Waals surface area contributed by atoms with Gasteiger partial charge in [-0.2, -0.15) is 0 Å². The Labute approximate surface area is 159 Å². The van der Waals surface area contributed by atoms with Crippen LogP contribution in [0.4, 0.5) is 14.5 Å². The molecule has 4 aromatic rings. The minimum absolute atomic E-state index is 0.125. The summed E-state index contributed by atoms with van der Waals surface area (Å²) < 4.78 is 32.4. The largest absolute Gasteiger partial charge is 0.441 e. The van der Waals surface area contributed by atoms with Crippen molar-refractivity contribution in [1.29, 1.82) is 0 Å². The van der Waals surface area contributed by atoms with Gasteiger partial charge >= 0.3 is 0 Å². The Bertz CT molecular complexity index is 1150. The maximum absolute atomic E-state index is 13.8. The molecule has 3 aromatic carbocycles. The first kappa shape index (κ1) is 17.9. The van der Waals surface area contributed by atoms with E-state index in [9.17, 15) is 13.6 Å². The minimum atomic E-state index is -0.726. The van der Waals surface area contributed by atoms with Crippen LogP contribution in [0.1, 0.15) is 12.3 Å². The lowest BCUT2D eigenvalue weighted by atomic mass is 10.1. The summed E-state index contributed by atoms with van der Waals surface area (Å²) in [5.74, 6) is -1.06. The van der Waals surface area contributed by atoms with Crippen LogP contribution in [-0.4, -0.2) is 10.9 Å². The summed E-state index contributed by atoms with van der Waals surface area (Å²) in [6.45, 7) is 0. The lowest BCUT2D eigenvalue weighted by molar-refractivity contribution is -0.116. The third-order valence-electron chi connectivity index (χ3n) is 4.38. The van der Waals surface area contributed by atoms with Crippen LogP contribution in [0.5, 0.6) is 0 Å². The van der Waals surface area contributed by atoms with Gasteiger partial charge in [0.25, 0.3) is 0 Å². The fourth-order valence-corrected chi connectivity index (χ4v) is 3.01. The number of halogens is 2. The summed E-state index contributed by atoms with van der Waals surface area (Å²) in [5, 5.41) is 4.90.